The van der Waals surface area contributed by atoms with Crippen molar-refractivity contribution in [2.75, 3.05) is 14.2 Å². The molecule has 0 saturated carbocycles. The van der Waals surface area contributed by atoms with Gasteiger partial charge in [-0.3, -0.25) is 4.79 Å². The van der Waals surface area contributed by atoms with Gasteiger partial charge in [-0.25, -0.2) is 4.79 Å². The minimum absolute atomic E-state index is 0.119. The Morgan fingerprint density at radius 1 is 1.35 bits per heavy atom. The van der Waals surface area contributed by atoms with Gasteiger partial charge in [-0.05, 0) is 13.0 Å². The zero-order valence-corrected chi connectivity index (χ0v) is 13.4. The molecule has 112 valence electrons. The Hall–Kier alpha value is -0.750. The van der Waals surface area contributed by atoms with E-state index in [9.17, 15) is 9.59 Å². The predicted molar refractivity (Wildman–Crippen MR) is 76.9 cm³/mol. The van der Waals surface area contributed by atoms with E-state index in [-0.39, 0.29) is 17.4 Å². The van der Waals surface area contributed by atoms with Gasteiger partial charge in [0.25, 0.3) is 3.79 Å². The second-order valence-electron chi connectivity index (χ2n) is 4.13. The van der Waals surface area contributed by atoms with E-state index in [0.29, 0.717) is 6.54 Å². The third kappa shape index (κ3) is 4.12. The topological polar surface area (TPSA) is 57.5 Å². The van der Waals surface area contributed by atoms with Crippen molar-refractivity contribution >= 4 is 46.6 Å². The Balaban J connectivity index is 3.18. The summed E-state index contributed by atoms with van der Waals surface area (Å²) in [6, 6.07) is 1.33. The van der Waals surface area contributed by atoms with Crippen molar-refractivity contribution < 1.29 is 19.1 Å². The standard InChI is InChI=1S/C12H14Cl3NO4/c1-7(19-2)5-16-6-8(10(17)12(13,14)15)4-9(16)11(18)20-3/h4,6-7H,5H2,1-3H3. The number of halogens is 3. The highest BCUT2D eigenvalue weighted by Gasteiger charge is 2.33. The summed E-state index contributed by atoms with van der Waals surface area (Å²) in [5.74, 6) is -1.30. The van der Waals surface area contributed by atoms with Crippen LogP contribution in [-0.2, 0) is 16.0 Å². The van der Waals surface area contributed by atoms with E-state index in [0.717, 1.165) is 0 Å². The van der Waals surface area contributed by atoms with Crippen LogP contribution in [0.15, 0.2) is 12.3 Å². The van der Waals surface area contributed by atoms with E-state index in [1.165, 1.54) is 23.9 Å². The van der Waals surface area contributed by atoms with Gasteiger partial charge in [0.1, 0.15) is 5.69 Å². The van der Waals surface area contributed by atoms with Gasteiger partial charge in [0.05, 0.1) is 13.2 Å². The zero-order valence-electron chi connectivity index (χ0n) is 11.2. The minimum Gasteiger partial charge on any atom is -0.464 e. The molecule has 0 spiro atoms. The first-order valence-corrected chi connectivity index (χ1v) is 6.77. The molecule has 0 bridgehead atoms. The summed E-state index contributed by atoms with van der Waals surface area (Å²) >= 11 is 16.7. The first-order chi connectivity index (χ1) is 9.20. The molecule has 1 heterocycles. The summed E-state index contributed by atoms with van der Waals surface area (Å²) in [5, 5.41) is 0. The minimum atomic E-state index is -2.08. The van der Waals surface area contributed by atoms with Crippen molar-refractivity contribution in [1.82, 2.24) is 4.57 Å². The van der Waals surface area contributed by atoms with Crippen LogP contribution in [0.1, 0.15) is 27.8 Å². The van der Waals surface area contributed by atoms with Crippen LogP contribution in [0.4, 0.5) is 0 Å². The maximum absolute atomic E-state index is 11.9. The molecule has 0 N–H and O–H groups in total. The lowest BCUT2D eigenvalue weighted by Crippen LogP contribution is -2.19. The summed E-state index contributed by atoms with van der Waals surface area (Å²) in [6.07, 6.45) is 1.27. The van der Waals surface area contributed by atoms with E-state index < -0.39 is 15.5 Å². The van der Waals surface area contributed by atoms with Crippen LogP contribution in [0.3, 0.4) is 0 Å². The summed E-state index contributed by atoms with van der Waals surface area (Å²) < 4.78 is 9.24. The molecule has 0 saturated heterocycles. The fraction of sp³-hybridized carbons (Fsp3) is 0.500. The molecule has 1 unspecified atom stereocenters. The number of alkyl halides is 3. The molecular formula is C12H14Cl3NO4. The van der Waals surface area contributed by atoms with Crippen molar-refractivity contribution in [2.24, 2.45) is 0 Å². The van der Waals surface area contributed by atoms with E-state index in [1.807, 2.05) is 6.92 Å². The molecular weight excluding hydrogens is 328 g/mol. The molecule has 0 aliphatic rings. The molecule has 1 aromatic heterocycles. The maximum atomic E-state index is 11.9. The van der Waals surface area contributed by atoms with Crippen molar-refractivity contribution in [1.29, 1.82) is 0 Å². The molecule has 20 heavy (non-hydrogen) atoms. The first-order valence-electron chi connectivity index (χ1n) is 5.63. The van der Waals surface area contributed by atoms with Crippen LogP contribution in [0.25, 0.3) is 0 Å². The van der Waals surface area contributed by atoms with Crippen LogP contribution in [0.5, 0.6) is 0 Å². The van der Waals surface area contributed by atoms with E-state index in [2.05, 4.69) is 4.74 Å². The number of nitrogens with zero attached hydrogens (tertiary/aromatic N) is 1. The number of aromatic nitrogens is 1. The van der Waals surface area contributed by atoms with Gasteiger partial charge in [-0.1, -0.05) is 34.8 Å². The van der Waals surface area contributed by atoms with Crippen molar-refractivity contribution in [3.8, 4) is 0 Å². The SMILES string of the molecule is COC(=O)c1cc(C(=O)C(Cl)(Cl)Cl)cn1CC(C)OC. The summed E-state index contributed by atoms with van der Waals surface area (Å²) in [7, 11) is 2.79. The second-order valence-corrected chi connectivity index (χ2v) is 6.41. The Kier molecular flexibility index (Phi) is 5.89. The number of hydrogen-bond acceptors (Lipinski definition) is 4. The summed E-state index contributed by atoms with van der Waals surface area (Å²) in [5.41, 5.74) is 0.308. The van der Waals surface area contributed by atoms with Gasteiger partial charge in [-0.15, -0.1) is 0 Å². The lowest BCUT2D eigenvalue weighted by Gasteiger charge is -2.12. The van der Waals surface area contributed by atoms with Gasteiger partial charge < -0.3 is 14.0 Å². The van der Waals surface area contributed by atoms with Crippen molar-refractivity contribution in [2.45, 2.75) is 23.4 Å². The quantitative estimate of drug-likeness (QED) is 0.469. The smallest absolute Gasteiger partial charge is 0.354 e. The van der Waals surface area contributed by atoms with Crippen LogP contribution >= 0.6 is 34.8 Å². The van der Waals surface area contributed by atoms with Crippen LogP contribution in [-0.4, -0.2) is 40.4 Å². The Bertz CT molecular complexity index is 507. The Labute approximate surface area is 131 Å². The van der Waals surface area contributed by atoms with Gasteiger partial charge >= 0.3 is 5.97 Å². The Morgan fingerprint density at radius 3 is 2.40 bits per heavy atom. The van der Waals surface area contributed by atoms with Gasteiger partial charge in [0, 0.05) is 25.4 Å². The zero-order chi connectivity index (χ0) is 15.5. The van der Waals surface area contributed by atoms with Gasteiger partial charge in [0.2, 0.25) is 5.78 Å². The number of methoxy groups -OCH3 is 2. The number of carbonyl (C=O) groups excluding carboxylic acids is 2. The molecule has 0 aliphatic carbocycles. The average molecular weight is 343 g/mol. The number of ether oxygens (including phenoxy) is 2. The van der Waals surface area contributed by atoms with Crippen LogP contribution < -0.4 is 0 Å². The number of rotatable bonds is 5. The third-order valence-corrected chi connectivity index (χ3v) is 3.18. The monoisotopic (exact) mass is 341 g/mol. The number of ketones is 1. The van der Waals surface area contributed by atoms with Crippen molar-refractivity contribution in [3.63, 3.8) is 0 Å². The van der Waals surface area contributed by atoms with Gasteiger partial charge in [-0.2, -0.15) is 0 Å². The molecule has 1 aromatic rings. The Morgan fingerprint density at radius 2 is 1.95 bits per heavy atom. The molecule has 0 fully saturated rings. The lowest BCUT2D eigenvalue weighted by atomic mass is 10.2. The summed E-state index contributed by atoms with van der Waals surface area (Å²) in [4.78, 5) is 23.6. The largest absolute Gasteiger partial charge is 0.464 e. The summed E-state index contributed by atoms with van der Waals surface area (Å²) in [6.45, 7) is 2.17. The van der Waals surface area contributed by atoms with Crippen LogP contribution in [0.2, 0.25) is 0 Å². The number of esters is 1. The van der Waals surface area contributed by atoms with Crippen molar-refractivity contribution in [3.05, 3.63) is 23.5 Å². The molecule has 0 radical (unpaired) electrons. The third-order valence-electron chi connectivity index (χ3n) is 2.67. The molecule has 1 rings (SSSR count). The normalized spacial score (nSPS) is 13.1. The fourth-order valence-corrected chi connectivity index (χ4v) is 1.90. The molecule has 5 nitrogen and oxygen atoms in total. The first kappa shape index (κ1) is 17.3. The highest BCUT2D eigenvalue weighted by Crippen LogP contribution is 2.31. The lowest BCUT2D eigenvalue weighted by molar-refractivity contribution is 0.0578. The van der Waals surface area contributed by atoms with E-state index >= 15 is 0 Å². The number of hydrogen-bond donors (Lipinski definition) is 0. The van der Waals surface area contributed by atoms with E-state index in [1.54, 1.807) is 7.11 Å². The number of Topliss-reactive ketones (excluding diaryl/α,β-unsaturated/α-hetero) is 1. The maximum Gasteiger partial charge on any atom is 0.354 e. The molecule has 0 amide bonds. The molecule has 8 heteroatoms. The highest BCUT2D eigenvalue weighted by molar-refractivity contribution is 6.77. The van der Waals surface area contributed by atoms with E-state index in [4.69, 9.17) is 39.5 Å². The fourth-order valence-electron chi connectivity index (χ4n) is 1.58. The highest BCUT2D eigenvalue weighted by atomic mass is 35.6. The average Bonchev–Trinajstić information content (AvgIpc) is 2.79. The predicted octanol–water partition coefficient (Wildman–Crippen LogP) is 2.86. The molecule has 0 aliphatic heterocycles. The van der Waals surface area contributed by atoms with Gasteiger partial charge in [0.15, 0.2) is 0 Å². The second kappa shape index (κ2) is 6.80. The number of carbonyl (C=O) groups is 2. The van der Waals surface area contributed by atoms with Crippen LogP contribution in [0, 0.1) is 0 Å². The molecule has 0 aromatic carbocycles. The molecule has 1 atom stereocenters.